The lowest BCUT2D eigenvalue weighted by atomic mass is 10.1. The fraction of sp³-hybridized carbons (Fsp3) is 0.625. The van der Waals surface area contributed by atoms with Gasteiger partial charge in [-0.25, -0.2) is 0 Å². The first-order chi connectivity index (χ1) is 8.63. The Morgan fingerprint density at radius 2 is 1.56 bits per heavy atom. The number of rotatable bonds is 8. The summed E-state index contributed by atoms with van der Waals surface area (Å²) < 4.78 is 0. The van der Waals surface area contributed by atoms with E-state index in [1.807, 2.05) is 7.05 Å². The highest BCUT2D eigenvalue weighted by Gasteiger charge is 2.02. The van der Waals surface area contributed by atoms with Crippen LogP contribution in [0.1, 0.15) is 36.8 Å². The van der Waals surface area contributed by atoms with Crippen molar-refractivity contribution in [3.05, 3.63) is 29.3 Å². The summed E-state index contributed by atoms with van der Waals surface area (Å²) in [4.78, 5) is 2.37. The van der Waals surface area contributed by atoms with E-state index in [4.69, 9.17) is 0 Å². The van der Waals surface area contributed by atoms with Gasteiger partial charge in [0.25, 0.3) is 0 Å². The predicted octanol–water partition coefficient (Wildman–Crippen LogP) is 3.52. The van der Waals surface area contributed by atoms with Crippen molar-refractivity contribution in [1.82, 2.24) is 5.32 Å². The lowest BCUT2D eigenvalue weighted by Crippen LogP contribution is -2.18. The summed E-state index contributed by atoms with van der Waals surface area (Å²) >= 11 is 0. The molecule has 1 aromatic rings. The zero-order valence-corrected chi connectivity index (χ0v) is 12.4. The molecule has 0 fully saturated rings. The summed E-state index contributed by atoms with van der Waals surface area (Å²) in [6.45, 7) is 6.64. The second-order valence-corrected chi connectivity index (χ2v) is 5.29. The van der Waals surface area contributed by atoms with Crippen LogP contribution < -0.4 is 10.2 Å². The minimum absolute atomic E-state index is 1.15. The van der Waals surface area contributed by atoms with Crippen LogP contribution in [0.25, 0.3) is 0 Å². The second kappa shape index (κ2) is 8.15. The highest BCUT2D eigenvalue weighted by Crippen LogP contribution is 2.18. The molecule has 0 unspecified atom stereocenters. The average molecular weight is 248 g/mol. The Morgan fingerprint density at radius 1 is 0.944 bits per heavy atom. The lowest BCUT2D eigenvalue weighted by Gasteiger charge is -2.20. The number of hydrogen-bond acceptors (Lipinski definition) is 2. The van der Waals surface area contributed by atoms with Gasteiger partial charge in [-0.1, -0.05) is 18.9 Å². The van der Waals surface area contributed by atoms with Crippen molar-refractivity contribution in [3.8, 4) is 0 Å². The summed E-state index contributed by atoms with van der Waals surface area (Å²) in [6.07, 6.45) is 5.25. The van der Waals surface area contributed by atoms with E-state index in [9.17, 15) is 0 Å². The third-order valence-electron chi connectivity index (χ3n) is 3.32. The number of nitrogens with one attached hydrogen (secondary N) is 1. The molecule has 0 aliphatic carbocycles. The Labute approximate surface area is 112 Å². The van der Waals surface area contributed by atoms with Crippen molar-refractivity contribution in [2.75, 3.05) is 32.1 Å². The zero-order valence-electron chi connectivity index (χ0n) is 12.4. The van der Waals surface area contributed by atoms with Crippen LogP contribution in [0.15, 0.2) is 18.2 Å². The van der Waals surface area contributed by atoms with Gasteiger partial charge >= 0.3 is 0 Å². The van der Waals surface area contributed by atoms with Crippen LogP contribution in [0, 0.1) is 13.8 Å². The monoisotopic (exact) mass is 248 g/mol. The van der Waals surface area contributed by atoms with E-state index in [0.29, 0.717) is 0 Å². The molecule has 1 N–H and O–H groups in total. The van der Waals surface area contributed by atoms with Crippen LogP contribution in [0.4, 0.5) is 5.69 Å². The summed E-state index contributed by atoms with van der Waals surface area (Å²) in [7, 11) is 4.22. The molecule has 0 saturated heterocycles. The first-order valence-corrected chi connectivity index (χ1v) is 7.07. The number of nitrogens with zero attached hydrogens (tertiary/aromatic N) is 1. The van der Waals surface area contributed by atoms with E-state index < -0.39 is 0 Å². The van der Waals surface area contributed by atoms with Crippen LogP contribution in [0.5, 0.6) is 0 Å². The topological polar surface area (TPSA) is 15.3 Å². The van der Waals surface area contributed by atoms with Gasteiger partial charge in [0.05, 0.1) is 0 Å². The van der Waals surface area contributed by atoms with Crippen molar-refractivity contribution < 1.29 is 0 Å². The molecular formula is C16H28N2. The Bertz CT molecular complexity index is 327. The van der Waals surface area contributed by atoms with Crippen LogP contribution >= 0.6 is 0 Å². The van der Waals surface area contributed by atoms with Gasteiger partial charge in [-0.2, -0.15) is 0 Å². The molecule has 0 aromatic heterocycles. The lowest BCUT2D eigenvalue weighted by molar-refractivity contribution is 0.615. The molecule has 0 radical (unpaired) electrons. The molecular weight excluding hydrogens is 220 g/mol. The largest absolute Gasteiger partial charge is 0.375 e. The minimum Gasteiger partial charge on any atom is -0.375 e. The van der Waals surface area contributed by atoms with Crippen LogP contribution in [-0.4, -0.2) is 27.2 Å². The normalized spacial score (nSPS) is 10.7. The van der Waals surface area contributed by atoms with Crippen LogP contribution in [-0.2, 0) is 0 Å². The molecule has 1 rings (SSSR count). The molecule has 0 bridgehead atoms. The maximum Gasteiger partial charge on any atom is 0.0368 e. The quantitative estimate of drug-likeness (QED) is 0.708. The van der Waals surface area contributed by atoms with Gasteiger partial charge in [0.15, 0.2) is 0 Å². The molecule has 0 amide bonds. The van der Waals surface area contributed by atoms with Crippen molar-refractivity contribution in [2.45, 2.75) is 39.5 Å². The van der Waals surface area contributed by atoms with Crippen LogP contribution in [0.2, 0.25) is 0 Å². The van der Waals surface area contributed by atoms with E-state index >= 15 is 0 Å². The number of benzene rings is 1. The third-order valence-corrected chi connectivity index (χ3v) is 3.32. The average Bonchev–Trinajstić information content (AvgIpc) is 2.32. The predicted molar refractivity (Wildman–Crippen MR) is 81.6 cm³/mol. The van der Waals surface area contributed by atoms with Gasteiger partial charge in [0, 0.05) is 19.3 Å². The molecule has 2 nitrogen and oxygen atoms in total. The minimum atomic E-state index is 1.15. The second-order valence-electron chi connectivity index (χ2n) is 5.29. The molecule has 102 valence electrons. The maximum absolute atomic E-state index is 3.20. The number of unbranched alkanes of at least 4 members (excludes halogenated alkanes) is 3. The SMILES string of the molecule is CNCCCCCCN(C)c1cc(C)cc(C)c1. The molecule has 1 aromatic carbocycles. The molecule has 0 saturated carbocycles. The smallest absolute Gasteiger partial charge is 0.0368 e. The molecule has 0 spiro atoms. The third kappa shape index (κ3) is 5.54. The summed E-state index contributed by atoms with van der Waals surface area (Å²) in [6, 6.07) is 6.77. The number of aryl methyl sites for hydroxylation is 2. The summed E-state index contributed by atoms with van der Waals surface area (Å²) in [5.74, 6) is 0. The van der Waals surface area contributed by atoms with E-state index in [1.165, 1.54) is 42.5 Å². The van der Waals surface area contributed by atoms with E-state index in [1.54, 1.807) is 0 Å². The number of hydrogen-bond donors (Lipinski definition) is 1. The molecule has 2 heteroatoms. The summed E-state index contributed by atoms with van der Waals surface area (Å²) in [5, 5.41) is 3.20. The van der Waals surface area contributed by atoms with Gasteiger partial charge < -0.3 is 10.2 Å². The van der Waals surface area contributed by atoms with Crippen molar-refractivity contribution >= 4 is 5.69 Å². The van der Waals surface area contributed by atoms with Gasteiger partial charge in [-0.3, -0.25) is 0 Å². The Balaban J connectivity index is 2.29. The van der Waals surface area contributed by atoms with Gasteiger partial charge in [0.2, 0.25) is 0 Å². The van der Waals surface area contributed by atoms with E-state index in [-0.39, 0.29) is 0 Å². The van der Waals surface area contributed by atoms with E-state index in [2.05, 4.69) is 49.3 Å². The first kappa shape index (κ1) is 15.0. The van der Waals surface area contributed by atoms with Crippen molar-refractivity contribution in [2.24, 2.45) is 0 Å². The highest BCUT2D eigenvalue weighted by atomic mass is 15.1. The zero-order chi connectivity index (χ0) is 13.4. The molecule has 0 atom stereocenters. The molecule has 0 aliphatic rings. The fourth-order valence-corrected chi connectivity index (χ4v) is 2.30. The van der Waals surface area contributed by atoms with Crippen LogP contribution in [0.3, 0.4) is 0 Å². The fourth-order valence-electron chi connectivity index (χ4n) is 2.30. The summed E-state index contributed by atoms with van der Waals surface area (Å²) in [5.41, 5.74) is 4.06. The highest BCUT2D eigenvalue weighted by molar-refractivity contribution is 5.50. The Morgan fingerprint density at radius 3 is 2.17 bits per heavy atom. The first-order valence-electron chi connectivity index (χ1n) is 7.07. The molecule has 0 heterocycles. The molecule has 18 heavy (non-hydrogen) atoms. The Kier molecular flexibility index (Phi) is 6.81. The van der Waals surface area contributed by atoms with E-state index in [0.717, 1.165) is 13.1 Å². The number of anilines is 1. The van der Waals surface area contributed by atoms with Crippen molar-refractivity contribution in [1.29, 1.82) is 0 Å². The Hall–Kier alpha value is -1.02. The molecule has 0 aliphatic heterocycles. The van der Waals surface area contributed by atoms with Gasteiger partial charge in [0.1, 0.15) is 0 Å². The van der Waals surface area contributed by atoms with Crippen molar-refractivity contribution in [3.63, 3.8) is 0 Å². The maximum atomic E-state index is 3.20. The van der Waals surface area contributed by atoms with Gasteiger partial charge in [-0.15, -0.1) is 0 Å². The standard InChI is InChI=1S/C16H28N2/c1-14-11-15(2)13-16(12-14)18(4)10-8-6-5-7-9-17-3/h11-13,17H,5-10H2,1-4H3. The van der Waals surface area contributed by atoms with Gasteiger partial charge in [-0.05, 0) is 63.5 Å².